The van der Waals surface area contributed by atoms with Crippen LogP contribution in [0.5, 0.6) is 0 Å². The topological polar surface area (TPSA) is 78.4 Å². The molecule has 0 saturated heterocycles. The van der Waals surface area contributed by atoms with Crippen LogP contribution >= 0.6 is 0 Å². The number of aliphatic hydroxyl groups excluding tert-OH is 1. The zero-order valence-electron chi connectivity index (χ0n) is 10.8. The Morgan fingerprint density at radius 1 is 1.22 bits per heavy atom. The van der Waals surface area contributed by atoms with E-state index in [-0.39, 0.29) is 6.54 Å². The van der Waals surface area contributed by atoms with Gasteiger partial charge in [-0.2, -0.15) is 0 Å². The zero-order valence-corrected chi connectivity index (χ0v) is 10.8. The smallest absolute Gasteiger partial charge is 0.313 e. The molecule has 0 aliphatic heterocycles. The van der Waals surface area contributed by atoms with E-state index >= 15 is 0 Å². The molecule has 0 fully saturated rings. The normalized spacial score (nSPS) is 11.8. The lowest BCUT2D eigenvalue weighted by atomic mass is 10.1. The molecule has 1 aromatic carbocycles. The number of carbonyl (C=O) groups excluding carboxylic acids is 2. The summed E-state index contributed by atoms with van der Waals surface area (Å²) in [6.45, 7) is 5.30. The van der Waals surface area contributed by atoms with Crippen LogP contribution in [0, 0.1) is 13.8 Å². The van der Waals surface area contributed by atoms with Crippen molar-refractivity contribution in [3.05, 3.63) is 29.3 Å². The van der Waals surface area contributed by atoms with E-state index in [0.29, 0.717) is 5.69 Å². The summed E-state index contributed by atoms with van der Waals surface area (Å²) in [5.74, 6) is -1.48. The van der Waals surface area contributed by atoms with E-state index in [2.05, 4.69) is 10.6 Å². The number of benzene rings is 1. The summed E-state index contributed by atoms with van der Waals surface area (Å²) in [5, 5.41) is 13.9. The quantitative estimate of drug-likeness (QED) is 0.692. The molecule has 0 heterocycles. The highest BCUT2D eigenvalue weighted by Gasteiger charge is 2.15. The van der Waals surface area contributed by atoms with E-state index in [9.17, 15) is 9.59 Å². The van der Waals surface area contributed by atoms with E-state index in [4.69, 9.17) is 5.11 Å². The van der Waals surface area contributed by atoms with E-state index in [0.717, 1.165) is 11.1 Å². The molecule has 1 rings (SSSR count). The molecule has 0 aliphatic carbocycles. The fraction of sp³-hybridized carbons (Fsp3) is 0.385. The molecular formula is C13H18N2O3. The van der Waals surface area contributed by atoms with Gasteiger partial charge in [-0.05, 0) is 31.9 Å². The summed E-state index contributed by atoms with van der Waals surface area (Å²) in [6, 6.07) is 5.60. The zero-order chi connectivity index (χ0) is 13.7. The maximum atomic E-state index is 11.6. The van der Waals surface area contributed by atoms with Gasteiger partial charge in [-0.25, -0.2) is 0 Å². The Bertz CT molecular complexity index is 435. The van der Waals surface area contributed by atoms with Gasteiger partial charge in [0.2, 0.25) is 0 Å². The number of nitrogens with one attached hydrogen (secondary N) is 2. The highest BCUT2D eigenvalue weighted by molar-refractivity contribution is 6.39. The third-order valence-corrected chi connectivity index (χ3v) is 2.48. The van der Waals surface area contributed by atoms with Crippen molar-refractivity contribution in [3.8, 4) is 0 Å². The first-order valence-corrected chi connectivity index (χ1v) is 5.75. The predicted octanol–water partition coefficient (Wildman–Crippen LogP) is 0.739. The second-order valence-electron chi connectivity index (χ2n) is 4.28. The van der Waals surface area contributed by atoms with Gasteiger partial charge in [0, 0.05) is 12.2 Å². The standard InChI is InChI=1S/C13H18N2O3/c1-8-5-4-6-9(2)11(8)15-13(18)12(17)14-7-10(3)16/h4-6,10,16H,7H2,1-3H3,(H,14,17)(H,15,18)/t10-/m1/s1. The van der Waals surface area contributed by atoms with Crippen LogP contribution in [0.2, 0.25) is 0 Å². The Balaban J connectivity index is 2.67. The Labute approximate surface area is 106 Å². The number of hydrogen-bond donors (Lipinski definition) is 3. The van der Waals surface area contributed by atoms with Crippen molar-refractivity contribution >= 4 is 17.5 Å². The van der Waals surface area contributed by atoms with Gasteiger partial charge in [-0.15, -0.1) is 0 Å². The minimum atomic E-state index is -0.751. The van der Waals surface area contributed by atoms with Crippen LogP contribution in [0.4, 0.5) is 5.69 Å². The molecule has 0 aliphatic rings. The number of aliphatic hydroxyl groups is 1. The predicted molar refractivity (Wildman–Crippen MR) is 69.2 cm³/mol. The van der Waals surface area contributed by atoms with Gasteiger partial charge < -0.3 is 15.7 Å². The van der Waals surface area contributed by atoms with Crippen molar-refractivity contribution in [2.45, 2.75) is 26.9 Å². The van der Waals surface area contributed by atoms with Gasteiger partial charge >= 0.3 is 11.8 Å². The first-order chi connectivity index (χ1) is 8.41. The fourth-order valence-corrected chi connectivity index (χ4v) is 1.50. The number of rotatable bonds is 3. The van der Waals surface area contributed by atoms with Gasteiger partial charge in [-0.3, -0.25) is 9.59 Å². The molecule has 0 spiro atoms. The highest BCUT2D eigenvalue weighted by atomic mass is 16.3. The van der Waals surface area contributed by atoms with Gasteiger partial charge in [0.05, 0.1) is 6.10 Å². The molecule has 0 aromatic heterocycles. The van der Waals surface area contributed by atoms with Crippen LogP contribution in [-0.4, -0.2) is 29.6 Å². The minimum Gasteiger partial charge on any atom is -0.392 e. The lowest BCUT2D eigenvalue weighted by Crippen LogP contribution is -2.39. The molecule has 0 unspecified atom stereocenters. The monoisotopic (exact) mass is 250 g/mol. The number of para-hydroxylation sites is 1. The first kappa shape index (κ1) is 14.2. The number of hydrogen-bond acceptors (Lipinski definition) is 3. The molecule has 2 amide bonds. The average molecular weight is 250 g/mol. The molecule has 0 saturated carbocycles. The maximum absolute atomic E-state index is 11.6. The van der Waals surface area contributed by atoms with E-state index in [1.54, 1.807) is 0 Å². The highest BCUT2D eigenvalue weighted by Crippen LogP contribution is 2.18. The third kappa shape index (κ3) is 3.85. The van der Waals surface area contributed by atoms with Crippen LogP contribution < -0.4 is 10.6 Å². The van der Waals surface area contributed by atoms with E-state index < -0.39 is 17.9 Å². The third-order valence-electron chi connectivity index (χ3n) is 2.48. The number of aryl methyl sites for hydroxylation is 2. The van der Waals surface area contributed by atoms with Crippen LogP contribution in [0.1, 0.15) is 18.1 Å². The molecule has 1 aromatic rings. The van der Waals surface area contributed by atoms with Crippen LogP contribution in [0.15, 0.2) is 18.2 Å². The number of anilines is 1. The summed E-state index contributed by atoms with van der Waals surface area (Å²) in [7, 11) is 0. The first-order valence-electron chi connectivity index (χ1n) is 5.75. The van der Waals surface area contributed by atoms with Crippen LogP contribution in [0.25, 0.3) is 0 Å². The Hall–Kier alpha value is -1.88. The Kier molecular flexibility index (Phi) is 4.85. The Morgan fingerprint density at radius 2 is 1.78 bits per heavy atom. The van der Waals surface area contributed by atoms with Crippen LogP contribution in [0.3, 0.4) is 0 Å². The largest absolute Gasteiger partial charge is 0.392 e. The van der Waals surface area contributed by atoms with Crippen molar-refractivity contribution in [2.24, 2.45) is 0 Å². The lowest BCUT2D eigenvalue weighted by molar-refractivity contribution is -0.136. The molecule has 3 N–H and O–H groups in total. The number of carbonyl (C=O) groups is 2. The molecule has 0 bridgehead atoms. The second-order valence-corrected chi connectivity index (χ2v) is 4.28. The van der Waals surface area contributed by atoms with Gasteiger partial charge in [0.1, 0.15) is 0 Å². The van der Waals surface area contributed by atoms with Crippen molar-refractivity contribution in [2.75, 3.05) is 11.9 Å². The Morgan fingerprint density at radius 3 is 2.28 bits per heavy atom. The van der Waals surface area contributed by atoms with Crippen molar-refractivity contribution in [3.63, 3.8) is 0 Å². The summed E-state index contributed by atoms with van der Waals surface area (Å²) in [5.41, 5.74) is 2.44. The number of amides is 2. The lowest BCUT2D eigenvalue weighted by Gasteiger charge is -2.11. The summed E-state index contributed by atoms with van der Waals surface area (Å²) >= 11 is 0. The second kappa shape index (κ2) is 6.16. The van der Waals surface area contributed by atoms with E-state index in [1.807, 2.05) is 32.0 Å². The summed E-state index contributed by atoms with van der Waals surface area (Å²) in [6.07, 6.45) is -0.679. The SMILES string of the molecule is Cc1cccc(C)c1NC(=O)C(=O)NC[C@@H](C)O. The minimum absolute atomic E-state index is 0.0546. The van der Waals surface area contributed by atoms with Gasteiger partial charge in [-0.1, -0.05) is 18.2 Å². The molecule has 0 radical (unpaired) electrons. The molecule has 5 nitrogen and oxygen atoms in total. The fourth-order valence-electron chi connectivity index (χ4n) is 1.50. The molecule has 5 heteroatoms. The van der Waals surface area contributed by atoms with Crippen molar-refractivity contribution in [1.82, 2.24) is 5.32 Å². The summed E-state index contributed by atoms with van der Waals surface area (Å²) in [4.78, 5) is 23.1. The molecular weight excluding hydrogens is 232 g/mol. The van der Waals surface area contributed by atoms with Crippen LogP contribution in [-0.2, 0) is 9.59 Å². The maximum Gasteiger partial charge on any atom is 0.313 e. The van der Waals surface area contributed by atoms with Gasteiger partial charge in [0.15, 0.2) is 0 Å². The van der Waals surface area contributed by atoms with Crippen molar-refractivity contribution in [1.29, 1.82) is 0 Å². The molecule has 98 valence electrons. The van der Waals surface area contributed by atoms with Gasteiger partial charge in [0.25, 0.3) is 0 Å². The molecule has 18 heavy (non-hydrogen) atoms. The average Bonchev–Trinajstić information content (AvgIpc) is 2.30. The van der Waals surface area contributed by atoms with E-state index in [1.165, 1.54) is 6.92 Å². The van der Waals surface area contributed by atoms with Crippen molar-refractivity contribution < 1.29 is 14.7 Å². The molecule has 1 atom stereocenters. The summed E-state index contributed by atoms with van der Waals surface area (Å²) < 4.78 is 0.